The maximum Gasteiger partial charge on any atom is 0.328 e. The quantitative estimate of drug-likeness (QED) is 0.874. The molecule has 0 spiro atoms. The first-order chi connectivity index (χ1) is 9.08. The van der Waals surface area contributed by atoms with E-state index in [0.29, 0.717) is 12.2 Å². The molecule has 1 aliphatic rings. The van der Waals surface area contributed by atoms with Gasteiger partial charge in [-0.2, -0.15) is 0 Å². The first kappa shape index (κ1) is 13.5. The van der Waals surface area contributed by atoms with Gasteiger partial charge in [-0.15, -0.1) is 0 Å². The average Bonchev–Trinajstić information content (AvgIpc) is 2.41. The molecule has 1 fully saturated rings. The van der Waals surface area contributed by atoms with Gasteiger partial charge in [-0.3, -0.25) is 4.79 Å². The molecule has 0 saturated carbocycles. The Hall–Kier alpha value is -1.95. The summed E-state index contributed by atoms with van der Waals surface area (Å²) in [6, 6.07) is 4.64. The average molecular weight is 267 g/mol. The second-order valence-corrected chi connectivity index (χ2v) is 4.32. The summed E-state index contributed by atoms with van der Waals surface area (Å²) in [7, 11) is 0. The van der Waals surface area contributed by atoms with Gasteiger partial charge in [-0.05, 0) is 17.7 Å². The fourth-order valence-corrected chi connectivity index (χ4v) is 1.99. The summed E-state index contributed by atoms with van der Waals surface area (Å²) in [5, 5.41) is 9.04. The predicted molar refractivity (Wildman–Crippen MR) is 64.1 cm³/mol. The lowest BCUT2D eigenvalue weighted by atomic mass is 10.1. The van der Waals surface area contributed by atoms with Crippen molar-refractivity contribution in [2.75, 3.05) is 19.8 Å². The number of halogens is 1. The van der Waals surface area contributed by atoms with E-state index in [2.05, 4.69) is 0 Å². The van der Waals surface area contributed by atoms with E-state index in [1.807, 2.05) is 0 Å². The highest BCUT2D eigenvalue weighted by Crippen LogP contribution is 2.11. The molecular weight excluding hydrogens is 253 g/mol. The van der Waals surface area contributed by atoms with E-state index >= 15 is 0 Å². The van der Waals surface area contributed by atoms with Crippen molar-refractivity contribution in [2.45, 2.75) is 12.5 Å². The Kier molecular flexibility index (Phi) is 4.11. The third kappa shape index (κ3) is 3.29. The van der Waals surface area contributed by atoms with Gasteiger partial charge in [0.15, 0.2) is 6.04 Å². The van der Waals surface area contributed by atoms with E-state index in [1.165, 1.54) is 29.2 Å². The molecule has 2 rings (SSSR count). The molecule has 19 heavy (non-hydrogen) atoms. The van der Waals surface area contributed by atoms with Crippen LogP contribution in [0, 0.1) is 5.82 Å². The molecule has 1 aromatic carbocycles. The lowest BCUT2D eigenvalue weighted by molar-refractivity contribution is -0.158. The van der Waals surface area contributed by atoms with E-state index < -0.39 is 12.0 Å². The molecule has 102 valence electrons. The van der Waals surface area contributed by atoms with Crippen LogP contribution >= 0.6 is 0 Å². The van der Waals surface area contributed by atoms with Crippen LogP contribution in [0.1, 0.15) is 5.56 Å². The van der Waals surface area contributed by atoms with E-state index in [9.17, 15) is 14.0 Å². The molecular formula is C13H14FNO4. The van der Waals surface area contributed by atoms with Crippen LogP contribution in [0.3, 0.4) is 0 Å². The standard InChI is InChI=1S/C13H14FNO4/c14-10-3-1-9(2-4-10)7-12(16)15-5-6-19-8-11(15)13(17)18/h1-4,11H,5-8H2,(H,17,18)/t11-/m1/s1. The summed E-state index contributed by atoms with van der Waals surface area (Å²) < 4.78 is 17.8. The molecule has 0 radical (unpaired) electrons. The number of ether oxygens (including phenoxy) is 1. The van der Waals surface area contributed by atoms with Gasteiger partial charge in [0.2, 0.25) is 5.91 Å². The molecule has 0 aliphatic carbocycles. The van der Waals surface area contributed by atoms with Crippen LogP contribution in [-0.2, 0) is 20.7 Å². The SMILES string of the molecule is O=C(O)[C@H]1COCCN1C(=O)Cc1ccc(F)cc1. The minimum Gasteiger partial charge on any atom is -0.480 e. The molecule has 5 nitrogen and oxygen atoms in total. The minimum atomic E-state index is -1.08. The number of benzene rings is 1. The van der Waals surface area contributed by atoms with Crippen molar-refractivity contribution in [1.29, 1.82) is 0 Å². The van der Waals surface area contributed by atoms with Gasteiger partial charge in [0, 0.05) is 6.54 Å². The number of rotatable bonds is 3. The van der Waals surface area contributed by atoms with Crippen LogP contribution in [0.4, 0.5) is 4.39 Å². The van der Waals surface area contributed by atoms with E-state index in [-0.39, 0.29) is 31.3 Å². The summed E-state index contributed by atoms with van der Waals surface area (Å²) >= 11 is 0. The second kappa shape index (κ2) is 5.79. The highest BCUT2D eigenvalue weighted by molar-refractivity contribution is 5.85. The Morgan fingerprint density at radius 2 is 2.05 bits per heavy atom. The van der Waals surface area contributed by atoms with E-state index in [4.69, 9.17) is 9.84 Å². The largest absolute Gasteiger partial charge is 0.480 e. The highest BCUT2D eigenvalue weighted by Gasteiger charge is 2.32. The Morgan fingerprint density at radius 1 is 1.37 bits per heavy atom. The van der Waals surface area contributed by atoms with Crippen molar-refractivity contribution in [1.82, 2.24) is 4.90 Å². The maximum atomic E-state index is 12.8. The van der Waals surface area contributed by atoms with Gasteiger partial charge in [0.05, 0.1) is 19.6 Å². The summed E-state index contributed by atoms with van der Waals surface area (Å²) in [6.07, 6.45) is 0.0596. The highest BCUT2D eigenvalue weighted by atomic mass is 19.1. The lowest BCUT2D eigenvalue weighted by Crippen LogP contribution is -2.53. The number of hydrogen-bond acceptors (Lipinski definition) is 3. The summed E-state index contributed by atoms with van der Waals surface area (Å²) in [4.78, 5) is 24.4. The van der Waals surface area contributed by atoms with Gasteiger partial charge in [-0.25, -0.2) is 9.18 Å². The first-order valence-electron chi connectivity index (χ1n) is 5.92. The topological polar surface area (TPSA) is 66.8 Å². The summed E-state index contributed by atoms with van der Waals surface area (Å²) in [5.74, 6) is -1.74. The number of amides is 1. The van der Waals surface area contributed by atoms with Crippen LogP contribution in [0.15, 0.2) is 24.3 Å². The Bertz CT molecular complexity index is 474. The van der Waals surface area contributed by atoms with E-state index in [1.54, 1.807) is 0 Å². The summed E-state index contributed by atoms with van der Waals surface area (Å²) in [5.41, 5.74) is 0.655. The number of carbonyl (C=O) groups is 2. The maximum absolute atomic E-state index is 12.8. The van der Waals surface area contributed by atoms with Crippen molar-refractivity contribution in [2.24, 2.45) is 0 Å². The van der Waals surface area contributed by atoms with Crippen molar-refractivity contribution < 1.29 is 23.8 Å². The zero-order chi connectivity index (χ0) is 13.8. The van der Waals surface area contributed by atoms with Gasteiger partial charge in [-0.1, -0.05) is 12.1 Å². The number of aliphatic carboxylic acids is 1. The molecule has 0 unspecified atom stereocenters. The number of hydrogen-bond donors (Lipinski definition) is 1. The number of morpholine rings is 1. The molecule has 1 saturated heterocycles. The molecule has 1 aliphatic heterocycles. The smallest absolute Gasteiger partial charge is 0.328 e. The second-order valence-electron chi connectivity index (χ2n) is 4.32. The number of carboxylic acids is 1. The molecule has 1 N–H and O–H groups in total. The van der Waals surface area contributed by atoms with Crippen molar-refractivity contribution in [3.8, 4) is 0 Å². The van der Waals surface area contributed by atoms with E-state index in [0.717, 1.165) is 0 Å². The van der Waals surface area contributed by atoms with Crippen LogP contribution < -0.4 is 0 Å². The number of nitrogens with zero attached hydrogens (tertiary/aromatic N) is 1. The molecule has 1 heterocycles. The number of carboxylic acid groups (broad SMARTS) is 1. The number of carbonyl (C=O) groups excluding carboxylic acids is 1. The van der Waals surface area contributed by atoms with Crippen molar-refractivity contribution in [3.05, 3.63) is 35.6 Å². The van der Waals surface area contributed by atoms with Gasteiger partial charge in [0.25, 0.3) is 0 Å². The lowest BCUT2D eigenvalue weighted by Gasteiger charge is -2.32. The van der Waals surface area contributed by atoms with Gasteiger partial charge < -0.3 is 14.7 Å². The molecule has 1 aromatic rings. The van der Waals surface area contributed by atoms with Crippen LogP contribution in [0.5, 0.6) is 0 Å². The minimum absolute atomic E-state index is 0.00446. The first-order valence-corrected chi connectivity index (χ1v) is 5.92. The fraction of sp³-hybridized carbons (Fsp3) is 0.385. The molecule has 1 amide bonds. The van der Waals surface area contributed by atoms with Gasteiger partial charge >= 0.3 is 5.97 Å². The summed E-state index contributed by atoms with van der Waals surface area (Å²) in [6.45, 7) is 0.598. The zero-order valence-electron chi connectivity index (χ0n) is 10.2. The van der Waals surface area contributed by atoms with Crippen LogP contribution in [0.25, 0.3) is 0 Å². The van der Waals surface area contributed by atoms with Crippen LogP contribution in [0.2, 0.25) is 0 Å². The fourth-order valence-electron chi connectivity index (χ4n) is 1.99. The molecule has 0 aromatic heterocycles. The molecule has 0 bridgehead atoms. The Morgan fingerprint density at radius 3 is 2.68 bits per heavy atom. The molecule has 1 atom stereocenters. The van der Waals surface area contributed by atoms with Crippen molar-refractivity contribution >= 4 is 11.9 Å². The molecule has 6 heteroatoms. The third-order valence-electron chi connectivity index (χ3n) is 3.00. The zero-order valence-corrected chi connectivity index (χ0v) is 10.2. The van der Waals surface area contributed by atoms with Gasteiger partial charge in [0.1, 0.15) is 5.82 Å². The third-order valence-corrected chi connectivity index (χ3v) is 3.00. The van der Waals surface area contributed by atoms with Crippen molar-refractivity contribution in [3.63, 3.8) is 0 Å². The predicted octanol–water partition coefficient (Wildman–Crippen LogP) is 0.680. The Labute approximate surface area is 109 Å². The monoisotopic (exact) mass is 267 g/mol. The van der Waals surface area contributed by atoms with Crippen LogP contribution in [-0.4, -0.2) is 47.7 Å². The Balaban J connectivity index is 2.05. The normalized spacial score (nSPS) is 19.2.